The number of nitro benzene ring substituents is 1. The topological polar surface area (TPSA) is 101 Å². The van der Waals surface area contributed by atoms with Gasteiger partial charge in [-0.15, -0.1) is 0 Å². The third-order valence-electron chi connectivity index (χ3n) is 3.21. The number of non-ortho nitro benzene ring substituents is 1. The van der Waals surface area contributed by atoms with E-state index in [1.807, 2.05) is 0 Å². The number of nitrogens with zero attached hydrogens (tertiary/aromatic N) is 3. The molecule has 0 aliphatic carbocycles. The summed E-state index contributed by atoms with van der Waals surface area (Å²) in [5.74, 6) is -1.73. The number of Topliss-reactive ketones (excluding diaryl/α,β-unsaturated/α-hetero) is 1. The summed E-state index contributed by atoms with van der Waals surface area (Å²) in [6.45, 7) is 0.0619. The summed E-state index contributed by atoms with van der Waals surface area (Å²) in [4.78, 5) is 48.0. The van der Waals surface area contributed by atoms with Crippen LogP contribution in [0.3, 0.4) is 0 Å². The standard InChI is InChI=1S/C13H13N3O5/c1-14(2)11(17)5-6-15-10-4-3-8(16(20)21)7-9(10)12(18)13(15)19/h3-4,7H,5-6H2,1-2H3. The molecule has 0 saturated carbocycles. The smallest absolute Gasteiger partial charge is 0.299 e. The first-order chi connectivity index (χ1) is 9.82. The Balaban J connectivity index is 2.27. The number of amides is 2. The number of fused-ring (bicyclic) bond motifs is 1. The molecule has 0 spiro atoms. The maximum atomic E-state index is 11.9. The van der Waals surface area contributed by atoms with E-state index < -0.39 is 16.6 Å². The van der Waals surface area contributed by atoms with Gasteiger partial charge in [0.05, 0.1) is 16.2 Å². The number of carbonyl (C=O) groups excluding carboxylic acids is 3. The van der Waals surface area contributed by atoms with Crippen LogP contribution >= 0.6 is 0 Å². The van der Waals surface area contributed by atoms with Crippen molar-refractivity contribution in [1.29, 1.82) is 0 Å². The molecule has 2 amide bonds. The van der Waals surface area contributed by atoms with Gasteiger partial charge in [-0.3, -0.25) is 24.5 Å². The van der Waals surface area contributed by atoms with Crippen LogP contribution in [0, 0.1) is 10.1 Å². The third-order valence-corrected chi connectivity index (χ3v) is 3.21. The Morgan fingerprint density at radius 2 is 2.00 bits per heavy atom. The van der Waals surface area contributed by atoms with Gasteiger partial charge in [-0.05, 0) is 6.07 Å². The number of carbonyl (C=O) groups is 3. The first kappa shape index (κ1) is 14.6. The molecule has 110 valence electrons. The molecule has 1 aliphatic heterocycles. The van der Waals surface area contributed by atoms with E-state index in [0.29, 0.717) is 5.69 Å². The zero-order valence-electron chi connectivity index (χ0n) is 11.5. The summed E-state index contributed by atoms with van der Waals surface area (Å²) >= 11 is 0. The quantitative estimate of drug-likeness (QED) is 0.459. The molecule has 8 nitrogen and oxygen atoms in total. The molecule has 21 heavy (non-hydrogen) atoms. The van der Waals surface area contributed by atoms with Crippen LogP contribution in [-0.2, 0) is 9.59 Å². The molecule has 2 rings (SSSR count). The van der Waals surface area contributed by atoms with Gasteiger partial charge in [0.25, 0.3) is 17.4 Å². The number of anilines is 1. The van der Waals surface area contributed by atoms with Crippen molar-refractivity contribution in [2.45, 2.75) is 6.42 Å². The number of hydrogen-bond acceptors (Lipinski definition) is 5. The van der Waals surface area contributed by atoms with E-state index in [1.54, 1.807) is 14.1 Å². The van der Waals surface area contributed by atoms with Crippen LogP contribution in [0.25, 0.3) is 0 Å². The highest BCUT2D eigenvalue weighted by atomic mass is 16.6. The highest BCUT2D eigenvalue weighted by molar-refractivity contribution is 6.52. The van der Waals surface area contributed by atoms with Gasteiger partial charge in [-0.25, -0.2) is 0 Å². The molecule has 0 radical (unpaired) electrons. The summed E-state index contributed by atoms with van der Waals surface area (Å²) in [5.41, 5.74) is 0.0646. The highest BCUT2D eigenvalue weighted by Gasteiger charge is 2.37. The number of nitro groups is 1. The van der Waals surface area contributed by atoms with Crippen LogP contribution in [0.2, 0.25) is 0 Å². The molecular formula is C13H13N3O5. The van der Waals surface area contributed by atoms with Crippen LogP contribution in [0.1, 0.15) is 16.8 Å². The minimum Gasteiger partial charge on any atom is -0.349 e. The van der Waals surface area contributed by atoms with Crippen LogP contribution in [0.5, 0.6) is 0 Å². The lowest BCUT2D eigenvalue weighted by molar-refractivity contribution is -0.384. The van der Waals surface area contributed by atoms with Gasteiger partial charge >= 0.3 is 0 Å². The molecule has 1 aliphatic rings. The Kier molecular flexibility index (Phi) is 3.70. The minimum atomic E-state index is -0.786. The molecule has 1 aromatic rings. The summed E-state index contributed by atoms with van der Waals surface area (Å²) < 4.78 is 0. The average Bonchev–Trinajstić information content (AvgIpc) is 2.68. The van der Waals surface area contributed by atoms with E-state index in [-0.39, 0.29) is 30.1 Å². The molecule has 0 unspecified atom stereocenters. The Morgan fingerprint density at radius 3 is 2.57 bits per heavy atom. The van der Waals surface area contributed by atoms with Crippen molar-refractivity contribution in [2.75, 3.05) is 25.5 Å². The summed E-state index contributed by atoms with van der Waals surface area (Å²) in [6.07, 6.45) is 0.0719. The SMILES string of the molecule is CN(C)C(=O)CCN1C(=O)C(=O)c2cc([N+](=O)[O-])ccc21. The van der Waals surface area contributed by atoms with E-state index >= 15 is 0 Å². The first-order valence-corrected chi connectivity index (χ1v) is 6.17. The fourth-order valence-corrected chi connectivity index (χ4v) is 2.06. The second kappa shape index (κ2) is 5.31. The van der Waals surface area contributed by atoms with Crippen molar-refractivity contribution in [1.82, 2.24) is 4.90 Å². The molecule has 8 heteroatoms. The van der Waals surface area contributed by atoms with Gasteiger partial charge < -0.3 is 9.80 Å². The Hall–Kier alpha value is -2.77. The zero-order chi connectivity index (χ0) is 15.7. The lowest BCUT2D eigenvalue weighted by Crippen LogP contribution is -2.34. The molecule has 0 atom stereocenters. The van der Waals surface area contributed by atoms with Gasteiger partial charge in [0, 0.05) is 39.2 Å². The van der Waals surface area contributed by atoms with E-state index in [1.165, 1.54) is 21.9 Å². The lowest BCUT2D eigenvalue weighted by atomic mass is 10.1. The van der Waals surface area contributed by atoms with Gasteiger partial charge in [-0.1, -0.05) is 0 Å². The maximum Gasteiger partial charge on any atom is 0.299 e. The van der Waals surface area contributed by atoms with Crippen LogP contribution in [-0.4, -0.2) is 48.1 Å². The molecule has 1 aromatic carbocycles. The predicted molar refractivity (Wildman–Crippen MR) is 73.1 cm³/mol. The molecule has 0 aromatic heterocycles. The van der Waals surface area contributed by atoms with E-state index in [9.17, 15) is 24.5 Å². The van der Waals surface area contributed by atoms with Crippen LogP contribution < -0.4 is 4.90 Å². The highest BCUT2D eigenvalue weighted by Crippen LogP contribution is 2.32. The largest absolute Gasteiger partial charge is 0.349 e. The Bertz CT molecular complexity index is 653. The third kappa shape index (κ3) is 2.60. The second-order valence-electron chi connectivity index (χ2n) is 4.78. The van der Waals surface area contributed by atoms with Crippen molar-refractivity contribution < 1.29 is 19.3 Å². The first-order valence-electron chi connectivity index (χ1n) is 6.17. The van der Waals surface area contributed by atoms with Crippen molar-refractivity contribution >= 4 is 29.0 Å². The van der Waals surface area contributed by atoms with Gasteiger partial charge in [0.2, 0.25) is 5.91 Å². The number of hydrogen-bond donors (Lipinski definition) is 0. The van der Waals surface area contributed by atoms with Crippen molar-refractivity contribution in [3.63, 3.8) is 0 Å². The summed E-state index contributed by atoms with van der Waals surface area (Å²) in [7, 11) is 3.19. The second-order valence-corrected chi connectivity index (χ2v) is 4.78. The van der Waals surface area contributed by atoms with E-state index in [4.69, 9.17) is 0 Å². The maximum absolute atomic E-state index is 11.9. The molecule has 0 N–H and O–H groups in total. The van der Waals surface area contributed by atoms with Crippen molar-refractivity contribution in [3.05, 3.63) is 33.9 Å². The molecule has 1 heterocycles. The van der Waals surface area contributed by atoms with Gasteiger partial charge in [-0.2, -0.15) is 0 Å². The zero-order valence-corrected chi connectivity index (χ0v) is 11.5. The average molecular weight is 291 g/mol. The minimum absolute atomic E-state index is 0.00602. The summed E-state index contributed by atoms with van der Waals surface area (Å²) in [5, 5.41) is 10.7. The molecule has 0 fully saturated rings. The fraction of sp³-hybridized carbons (Fsp3) is 0.308. The van der Waals surface area contributed by atoms with Crippen LogP contribution in [0.4, 0.5) is 11.4 Å². The lowest BCUT2D eigenvalue weighted by Gasteiger charge is -2.17. The molecule has 0 bridgehead atoms. The number of benzene rings is 1. The number of ketones is 1. The van der Waals surface area contributed by atoms with Gasteiger partial charge in [0.15, 0.2) is 0 Å². The van der Waals surface area contributed by atoms with Crippen molar-refractivity contribution in [2.24, 2.45) is 0 Å². The van der Waals surface area contributed by atoms with E-state index in [0.717, 1.165) is 6.07 Å². The Labute approximate surface area is 120 Å². The number of rotatable bonds is 4. The normalized spacial score (nSPS) is 13.3. The predicted octanol–water partition coefficient (Wildman–Crippen LogP) is 0.602. The Morgan fingerprint density at radius 1 is 1.33 bits per heavy atom. The molecule has 0 saturated heterocycles. The van der Waals surface area contributed by atoms with Crippen LogP contribution in [0.15, 0.2) is 18.2 Å². The molecular weight excluding hydrogens is 278 g/mol. The summed E-state index contributed by atoms with van der Waals surface area (Å²) in [6, 6.07) is 3.67. The van der Waals surface area contributed by atoms with E-state index in [2.05, 4.69) is 0 Å². The fourth-order valence-electron chi connectivity index (χ4n) is 2.06. The monoisotopic (exact) mass is 291 g/mol. The van der Waals surface area contributed by atoms with Gasteiger partial charge in [0.1, 0.15) is 0 Å². The van der Waals surface area contributed by atoms with Crippen molar-refractivity contribution in [3.8, 4) is 0 Å².